The zero-order valence-electron chi connectivity index (χ0n) is 19.1. The van der Waals surface area contributed by atoms with E-state index in [1.165, 1.54) is 47.3 Å². The number of pyridine rings is 1. The summed E-state index contributed by atoms with van der Waals surface area (Å²) in [6, 6.07) is 14.9. The summed E-state index contributed by atoms with van der Waals surface area (Å²) in [6.45, 7) is 3.61. The highest BCUT2D eigenvalue weighted by Gasteiger charge is 2.16. The molecule has 2 heterocycles. The Morgan fingerprint density at radius 1 is 1.00 bits per heavy atom. The predicted molar refractivity (Wildman–Crippen MR) is 129 cm³/mol. The van der Waals surface area contributed by atoms with Crippen molar-refractivity contribution in [3.05, 3.63) is 89.6 Å². The highest BCUT2D eigenvalue weighted by atomic mass is 32.2. The normalized spacial score (nSPS) is 11.2. The Morgan fingerprint density at radius 3 is 2.34 bits per heavy atom. The van der Waals surface area contributed by atoms with E-state index < -0.39 is 21.7 Å². The average Bonchev–Trinajstić information content (AvgIpc) is 3.15. The molecular formula is C24H22FN5O4S. The third-order valence-electron chi connectivity index (χ3n) is 4.96. The SMILES string of the molecule is Cc1ccc(S(=O)(=O)Nc2ccc(Oc3ccc(F)c(NC(=O)c4cc(C)nn4C)c3)cn2)cc1. The Labute approximate surface area is 201 Å². The van der Waals surface area contributed by atoms with E-state index in [0.29, 0.717) is 5.69 Å². The number of halogens is 1. The first-order chi connectivity index (χ1) is 16.6. The molecule has 0 aliphatic heterocycles. The molecule has 2 aromatic heterocycles. The van der Waals surface area contributed by atoms with Crippen molar-refractivity contribution < 1.29 is 22.3 Å². The first-order valence-electron chi connectivity index (χ1n) is 10.5. The minimum Gasteiger partial charge on any atom is -0.456 e. The smallest absolute Gasteiger partial charge is 0.274 e. The minimum absolute atomic E-state index is 0.0678. The zero-order valence-corrected chi connectivity index (χ0v) is 19.9. The number of sulfonamides is 1. The number of amides is 1. The van der Waals surface area contributed by atoms with Crippen LogP contribution in [0, 0.1) is 19.7 Å². The van der Waals surface area contributed by atoms with Crippen molar-refractivity contribution in [2.45, 2.75) is 18.7 Å². The van der Waals surface area contributed by atoms with Crippen molar-refractivity contribution in [2.75, 3.05) is 10.0 Å². The van der Waals surface area contributed by atoms with Crippen LogP contribution in [0.3, 0.4) is 0 Å². The number of ether oxygens (including phenoxy) is 1. The summed E-state index contributed by atoms with van der Waals surface area (Å²) in [4.78, 5) is 16.7. The number of rotatable bonds is 7. The number of hydrogen-bond donors (Lipinski definition) is 2. The van der Waals surface area contributed by atoms with E-state index in [1.54, 1.807) is 32.2 Å². The van der Waals surface area contributed by atoms with Crippen molar-refractivity contribution >= 4 is 27.4 Å². The van der Waals surface area contributed by atoms with Gasteiger partial charge in [-0.15, -0.1) is 0 Å². The molecule has 4 rings (SSSR count). The third-order valence-corrected chi connectivity index (χ3v) is 6.33. The highest BCUT2D eigenvalue weighted by molar-refractivity contribution is 7.92. The average molecular weight is 496 g/mol. The second kappa shape index (κ2) is 9.55. The number of benzene rings is 2. The van der Waals surface area contributed by atoms with Gasteiger partial charge in [0.25, 0.3) is 15.9 Å². The molecule has 0 atom stereocenters. The van der Waals surface area contributed by atoms with Crippen LogP contribution in [0.4, 0.5) is 15.9 Å². The summed E-state index contributed by atoms with van der Waals surface area (Å²) in [6.07, 6.45) is 1.33. The molecule has 11 heteroatoms. The van der Waals surface area contributed by atoms with Crippen LogP contribution in [0.1, 0.15) is 21.7 Å². The third kappa shape index (κ3) is 5.64. The van der Waals surface area contributed by atoms with Crippen LogP contribution in [0.15, 0.2) is 71.8 Å². The Hall–Kier alpha value is -4.25. The molecule has 2 N–H and O–H groups in total. The molecule has 2 aromatic carbocycles. The van der Waals surface area contributed by atoms with Crippen LogP contribution in [0.5, 0.6) is 11.5 Å². The molecule has 9 nitrogen and oxygen atoms in total. The van der Waals surface area contributed by atoms with Crippen molar-refractivity contribution in [3.8, 4) is 11.5 Å². The summed E-state index contributed by atoms with van der Waals surface area (Å²) in [5.74, 6) is -0.511. The molecule has 0 aliphatic carbocycles. The molecule has 1 amide bonds. The van der Waals surface area contributed by atoms with E-state index in [1.807, 2.05) is 6.92 Å². The van der Waals surface area contributed by atoms with Gasteiger partial charge >= 0.3 is 0 Å². The Morgan fingerprint density at radius 2 is 1.71 bits per heavy atom. The number of carbonyl (C=O) groups is 1. The van der Waals surface area contributed by atoms with E-state index in [9.17, 15) is 17.6 Å². The van der Waals surface area contributed by atoms with Crippen LogP contribution in [0.25, 0.3) is 0 Å². The molecule has 0 bridgehead atoms. The van der Waals surface area contributed by atoms with Gasteiger partial charge in [-0.3, -0.25) is 14.2 Å². The molecule has 0 aliphatic rings. The van der Waals surface area contributed by atoms with Crippen molar-refractivity contribution in [3.63, 3.8) is 0 Å². The lowest BCUT2D eigenvalue weighted by atomic mass is 10.2. The maximum Gasteiger partial charge on any atom is 0.274 e. The topological polar surface area (TPSA) is 115 Å². The maximum absolute atomic E-state index is 14.3. The van der Waals surface area contributed by atoms with E-state index in [4.69, 9.17) is 4.74 Å². The highest BCUT2D eigenvalue weighted by Crippen LogP contribution is 2.27. The van der Waals surface area contributed by atoms with Crippen LogP contribution in [-0.4, -0.2) is 29.1 Å². The summed E-state index contributed by atoms with van der Waals surface area (Å²) in [5.41, 5.74) is 1.81. The van der Waals surface area contributed by atoms with Crippen molar-refractivity contribution in [1.29, 1.82) is 0 Å². The molecule has 0 saturated heterocycles. The molecule has 0 saturated carbocycles. The van der Waals surface area contributed by atoms with Gasteiger partial charge in [0.1, 0.15) is 28.8 Å². The standard InChI is InChI=1S/C24H22FN5O4S/c1-15-4-8-19(9-5-15)35(32,33)29-23-11-7-18(14-26-23)34-17-6-10-20(25)21(13-17)27-24(31)22-12-16(2)28-30(22)3/h4-14H,1-3H3,(H,26,29)(H,27,31). The van der Waals surface area contributed by atoms with Gasteiger partial charge in [-0.1, -0.05) is 17.7 Å². The fourth-order valence-corrected chi connectivity index (χ4v) is 4.23. The summed E-state index contributed by atoms with van der Waals surface area (Å²) >= 11 is 0. The largest absolute Gasteiger partial charge is 0.456 e. The number of aromatic nitrogens is 3. The minimum atomic E-state index is -3.79. The van der Waals surface area contributed by atoms with Gasteiger partial charge in [-0.25, -0.2) is 17.8 Å². The Balaban J connectivity index is 1.45. The lowest BCUT2D eigenvalue weighted by Crippen LogP contribution is -2.16. The molecule has 35 heavy (non-hydrogen) atoms. The van der Waals surface area contributed by atoms with Crippen LogP contribution >= 0.6 is 0 Å². The van der Waals surface area contributed by atoms with Crippen molar-refractivity contribution in [1.82, 2.24) is 14.8 Å². The van der Waals surface area contributed by atoms with E-state index in [0.717, 1.165) is 11.6 Å². The van der Waals surface area contributed by atoms with Crippen LogP contribution in [-0.2, 0) is 17.1 Å². The molecule has 0 radical (unpaired) electrons. The van der Waals surface area contributed by atoms with Crippen molar-refractivity contribution in [2.24, 2.45) is 7.05 Å². The van der Waals surface area contributed by atoms with Crippen LogP contribution in [0.2, 0.25) is 0 Å². The Bertz CT molecular complexity index is 1480. The number of hydrogen-bond acceptors (Lipinski definition) is 6. The molecule has 0 unspecified atom stereocenters. The fourth-order valence-electron chi connectivity index (χ4n) is 3.22. The lowest BCUT2D eigenvalue weighted by molar-refractivity contribution is 0.101. The van der Waals surface area contributed by atoms with Gasteiger partial charge in [0.05, 0.1) is 22.5 Å². The van der Waals surface area contributed by atoms with E-state index in [2.05, 4.69) is 20.1 Å². The van der Waals surface area contributed by atoms with Gasteiger partial charge < -0.3 is 10.1 Å². The first-order valence-corrected chi connectivity index (χ1v) is 11.9. The summed E-state index contributed by atoms with van der Waals surface area (Å²) in [5, 5.41) is 6.62. The summed E-state index contributed by atoms with van der Waals surface area (Å²) < 4.78 is 48.8. The Kier molecular flexibility index (Phi) is 6.52. The quantitative estimate of drug-likeness (QED) is 0.392. The second-order valence-corrected chi connectivity index (χ2v) is 9.47. The van der Waals surface area contributed by atoms with E-state index >= 15 is 0 Å². The maximum atomic E-state index is 14.3. The van der Waals surface area contributed by atoms with Crippen LogP contribution < -0.4 is 14.8 Å². The molecule has 180 valence electrons. The number of carbonyl (C=O) groups excluding carboxylic acids is 1. The van der Waals surface area contributed by atoms with E-state index in [-0.39, 0.29) is 33.6 Å². The van der Waals surface area contributed by atoms with Gasteiger partial charge in [0, 0.05) is 13.1 Å². The number of nitrogens with zero attached hydrogens (tertiary/aromatic N) is 3. The van der Waals surface area contributed by atoms with Gasteiger partial charge in [-0.05, 0) is 56.3 Å². The number of nitrogens with one attached hydrogen (secondary N) is 2. The second-order valence-electron chi connectivity index (χ2n) is 7.79. The predicted octanol–water partition coefficient (Wildman–Crippen LogP) is 4.42. The number of anilines is 2. The molecule has 0 spiro atoms. The number of aryl methyl sites for hydroxylation is 3. The zero-order chi connectivity index (χ0) is 25.2. The molecular weight excluding hydrogens is 473 g/mol. The first kappa shape index (κ1) is 23.9. The van der Waals surface area contributed by atoms with Gasteiger partial charge in [0.15, 0.2) is 0 Å². The van der Waals surface area contributed by atoms with Gasteiger partial charge in [-0.2, -0.15) is 5.10 Å². The molecule has 4 aromatic rings. The van der Waals surface area contributed by atoms with Gasteiger partial charge in [0.2, 0.25) is 0 Å². The monoisotopic (exact) mass is 495 g/mol. The lowest BCUT2D eigenvalue weighted by Gasteiger charge is -2.11. The molecule has 0 fully saturated rings. The summed E-state index contributed by atoms with van der Waals surface area (Å²) in [7, 11) is -2.17. The fraction of sp³-hybridized carbons (Fsp3) is 0.125.